The summed E-state index contributed by atoms with van der Waals surface area (Å²) in [5.41, 5.74) is 14.8. The van der Waals surface area contributed by atoms with Crippen LogP contribution in [0.1, 0.15) is 0 Å². The average Bonchev–Trinajstić information content (AvgIpc) is 3.72. The fourth-order valence-corrected chi connectivity index (χ4v) is 8.65. The molecule has 11 rings (SSSR count). The second-order valence-electron chi connectivity index (χ2n) is 15.4. The minimum Gasteiger partial charge on any atom is -0.454 e. The van der Waals surface area contributed by atoms with Gasteiger partial charge in [-0.3, -0.25) is 0 Å². The Bertz CT molecular complexity index is 3270. The number of anilines is 6. The molecule has 11 aromatic rings. The van der Waals surface area contributed by atoms with Crippen LogP contribution in [0.15, 0.2) is 247 Å². The first kappa shape index (κ1) is 36.0. The summed E-state index contributed by atoms with van der Waals surface area (Å²) in [4.78, 5) is 4.71. The van der Waals surface area contributed by atoms with Gasteiger partial charge in [0.05, 0.1) is 16.8 Å². The lowest BCUT2D eigenvalue weighted by molar-refractivity contribution is 0.669. The van der Waals surface area contributed by atoms with Crippen LogP contribution in [-0.2, 0) is 0 Å². The highest BCUT2D eigenvalue weighted by molar-refractivity contribution is 6.20. The Hall–Kier alpha value is -8.14. The van der Waals surface area contributed by atoms with Crippen LogP contribution in [0.5, 0.6) is 0 Å². The summed E-state index contributed by atoms with van der Waals surface area (Å²) in [6.45, 7) is 0. The molecular weight excluding hydrogens is 741 g/mol. The molecule has 0 atom stereocenters. The summed E-state index contributed by atoms with van der Waals surface area (Å²) in [7, 11) is 0. The van der Waals surface area contributed by atoms with Crippen molar-refractivity contribution in [3.63, 3.8) is 0 Å². The van der Waals surface area contributed by atoms with Crippen LogP contribution in [0.3, 0.4) is 0 Å². The lowest BCUT2D eigenvalue weighted by atomic mass is 10.0. The van der Waals surface area contributed by atoms with E-state index in [2.05, 4.69) is 252 Å². The lowest BCUT2D eigenvalue weighted by Crippen LogP contribution is -2.13. The molecule has 0 spiro atoms. The van der Waals surface area contributed by atoms with Gasteiger partial charge in [-0.1, -0.05) is 170 Å². The summed E-state index contributed by atoms with van der Waals surface area (Å²) >= 11 is 0. The highest BCUT2D eigenvalue weighted by atomic mass is 16.3. The normalized spacial score (nSPS) is 11.3. The predicted octanol–water partition coefficient (Wildman–Crippen LogP) is 16.7. The minimum atomic E-state index is 0.809. The van der Waals surface area contributed by atoms with Gasteiger partial charge in [0.15, 0.2) is 5.58 Å². The Balaban J connectivity index is 1.17. The molecule has 3 heteroatoms. The van der Waals surface area contributed by atoms with Crippen molar-refractivity contribution in [2.45, 2.75) is 0 Å². The third-order valence-corrected chi connectivity index (χ3v) is 11.6. The van der Waals surface area contributed by atoms with E-state index in [1.54, 1.807) is 0 Å². The van der Waals surface area contributed by atoms with Gasteiger partial charge >= 0.3 is 0 Å². The van der Waals surface area contributed by atoms with E-state index in [1.807, 2.05) is 0 Å². The predicted molar refractivity (Wildman–Crippen MR) is 257 cm³/mol. The van der Waals surface area contributed by atoms with Gasteiger partial charge in [-0.05, 0) is 117 Å². The van der Waals surface area contributed by atoms with E-state index in [0.29, 0.717) is 0 Å². The summed E-state index contributed by atoms with van der Waals surface area (Å²) < 4.78 is 7.17. The Morgan fingerprint density at radius 2 is 0.689 bits per heavy atom. The van der Waals surface area contributed by atoms with Gasteiger partial charge < -0.3 is 14.2 Å². The van der Waals surface area contributed by atoms with Crippen molar-refractivity contribution in [2.24, 2.45) is 0 Å². The van der Waals surface area contributed by atoms with Crippen molar-refractivity contribution in [1.29, 1.82) is 0 Å². The summed E-state index contributed by atoms with van der Waals surface area (Å²) in [5.74, 6) is 0. The molecule has 0 aliphatic carbocycles. The van der Waals surface area contributed by atoms with Crippen molar-refractivity contribution < 1.29 is 4.42 Å². The molecular formula is C58H40N2O. The molecule has 10 aromatic carbocycles. The molecule has 1 aromatic heterocycles. The van der Waals surface area contributed by atoms with E-state index in [4.69, 9.17) is 4.42 Å². The number of para-hydroxylation sites is 1. The lowest BCUT2D eigenvalue weighted by Gasteiger charge is -2.29. The molecule has 0 aliphatic rings. The van der Waals surface area contributed by atoms with Gasteiger partial charge in [-0.15, -0.1) is 0 Å². The van der Waals surface area contributed by atoms with E-state index in [1.165, 1.54) is 27.8 Å². The molecule has 1 heterocycles. The van der Waals surface area contributed by atoms with Crippen LogP contribution in [0.25, 0.3) is 66.1 Å². The van der Waals surface area contributed by atoms with E-state index in [0.717, 1.165) is 72.4 Å². The smallest absolute Gasteiger partial charge is 0.161 e. The molecule has 0 N–H and O–H groups in total. The Labute approximate surface area is 355 Å². The van der Waals surface area contributed by atoms with Crippen molar-refractivity contribution in [2.75, 3.05) is 9.80 Å². The monoisotopic (exact) mass is 780 g/mol. The number of benzene rings is 10. The summed E-state index contributed by atoms with van der Waals surface area (Å²) in [6, 6.07) is 86.4. The van der Waals surface area contributed by atoms with Crippen molar-refractivity contribution >= 4 is 66.8 Å². The summed E-state index contributed by atoms with van der Waals surface area (Å²) in [5, 5.41) is 4.40. The molecule has 0 aliphatic heterocycles. The standard InChI is InChI=1S/C58H40N2O/c1-5-16-41(17-6-1)44-28-32-50(33-29-44)59(49-25-11-4-12-26-49)55-37-36-54(57-53-39-47-22-13-14-23-48(47)40-56(53)61-58(55)57)60(51-34-30-45(31-35-51)42-18-7-2-8-19-42)52-27-15-24-46(38-52)43-20-9-3-10-21-43/h1-40H. The van der Waals surface area contributed by atoms with E-state index in [9.17, 15) is 0 Å². The van der Waals surface area contributed by atoms with E-state index >= 15 is 0 Å². The zero-order valence-electron chi connectivity index (χ0n) is 33.4. The van der Waals surface area contributed by atoms with Crippen LogP contribution in [-0.4, -0.2) is 0 Å². The van der Waals surface area contributed by atoms with Crippen LogP contribution in [0.2, 0.25) is 0 Å². The minimum absolute atomic E-state index is 0.809. The van der Waals surface area contributed by atoms with Crippen LogP contribution < -0.4 is 9.80 Å². The Kier molecular flexibility index (Phi) is 9.18. The van der Waals surface area contributed by atoms with Gasteiger partial charge in [0.2, 0.25) is 0 Å². The molecule has 0 radical (unpaired) electrons. The average molecular weight is 781 g/mol. The third-order valence-electron chi connectivity index (χ3n) is 11.6. The molecule has 288 valence electrons. The highest BCUT2D eigenvalue weighted by Crippen LogP contribution is 2.50. The molecule has 0 amide bonds. The number of furan rings is 1. The van der Waals surface area contributed by atoms with Gasteiger partial charge in [-0.25, -0.2) is 0 Å². The number of hydrogen-bond acceptors (Lipinski definition) is 3. The number of rotatable bonds is 9. The summed E-state index contributed by atoms with van der Waals surface area (Å²) in [6.07, 6.45) is 0. The fourth-order valence-electron chi connectivity index (χ4n) is 8.65. The number of nitrogens with zero attached hydrogens (tertiary/aromatic N) is 2. The van der Waals surface area contributed by atoms with Gasteiger partial charge in [-0.2, -0.15) is 0 Å². The maximum absolute atomic E-state index is 7.17. The topological polar surface area (TPSA) is 19.6 Å². The van der Waals surface area contributed by atoms with E-state index in [-0.39, 0.29) is 0 Å². The molecule has 0 unspecified atom stereocenters. The molecule has 0 saturated heterocycles. The first-order chi connectivity index (χ1) is 30.2. The molecule has 3 nitrogen and oxygen atoms in total. The van der Waals surface area contributed by atoms with Crippen molar-refractivity contribution in [3.8, 4) is 33.4 Å². The quantitative estimate of drug-likeness (QED) is 0.145. The van der Waals surface area contributed by atoms with Gasteiger partial charge in [0.25, 0.3) is 0 Å². The third kappa shape index (κ3) is 6.78. The first-order valence-electron chi connectivity index (χ1n) is 20.7. The SMILES string of the molecule is c1ccc(-c2ccc(N(c3ccccc3)c3ccc(N(c4ccc(-c5ccccc5)cc4)c4cccc(-c5ccccc5)c4)c4c3oc3cc5ccccc5cc34)cc2)cc1. The first-order valence-corrected chi connectivity index (χ1v) is 20.7. The number of hydrogen-bond donors (Lipinski definition) is 0. The highest BCUT2D eigenvalue weighted by Gasteiger charge is 2.26. The zero-order valence-corrected chi connectivity index (χ0v) is 33.4. The van der Waals surface area contributed by atoms with Gasteiger partial charge in [0.1, 0.15) is 5.58 Å². The molecule has 61 heavy (non-hydrogen) atoms. The number of fused-ring (bicyclic) bond motifs is 4. The largest absolute Gasteiger partial charge is 0.454 e. The van der Waals surface area contributed by atoms with Crippen LogP contribution in [0, 0.1) is 0 Å². The molecule has 0 bridgehead atoms. The van der Waals surface area contributed by atoms with Gasteiger partial charge in [0, 0.05) is 28.1 Å². The fraction of sp³-hybridized carbons (Fsp3) is 0. The molecule has 0 fully saturated rings. The second kappa shape index (κ2) is 15.6. The maximum Gasteiger partial charge on any atom is 0.161 e. The Morgan fingerprint density at radius 1 is 0.279 bits per heavy atom. The molecule has 0 saturated carbocycles. The van der Waals surface area contributed by atoms with E-state index < -0.39 is 0 Å². The maximum atomic E-state index is 7.17. The van der Waals surface area contributed by atoms with Crippen LogP contribution in [0.4, 0.5) is 34.1 Å². The second-order valence-corrected chi connectivity index (χ2v) is 15.4. The zero-order chi connectivity index (χ0) is 40.5. The van der Waals surface area contributed by atoms with Crippen molar-refractivity contribution in [3.05, 3.63) is 243 Å². The van der Waals surface area contributed by atoms with Crippen LogP contribution >= 0.6 is 0 Å². The Morgan fingerprint density at radius 3 is 1.26 bits per heavy atom. The van der Waals surface area contributed by atoms with Crippen molar-refractivity contribution in [1.82, 2.24) is 0 Å².